The number of carbonyl (C=O) groups excluding carboxylic acids is 1. The molecule has 0 aliphatic heterocycles. The predicted octanol–water partition coefficient (Wildman–Crippen LogP) is -0.307. The molecule has 6 heteroatoms. The van der Waals surface area contributed by atoms with Gasteiger partial charge in [0.15, 0.2) is 0 Å². The van der Waals surface area contributed by atoms with Gasteiger partial charge in [-0.2, -0.15) is 5.26 Å². The van der Waals surface area contributed by atoms with E-state index >= 15 is 0 Å². The molecule has 1 rings (SSSR count). The molecule has 1 amide bonds. The topological polar surface area (TPSA) is 104 Å². The molecule has 0 spiro atoms. The van der Waals surface area contributed by atoms with Gasteiger partial charge in [0, 0.05) is 7.05 Å². The van der Waals surface area contributed by atoms with Gasteiger partial charge in [0.1, 0.15) is 11.9 Å². The van der Waals surface area contributed by atoms with Crippen LogP contribution in [-0.2, 0) is 4.79 Å². The summed E-state index contributed by atoms with van der Waals surface area (Å²) in [4.78, 5) is 14.9. The van der Waals surface area contributed by atoms with E-state index in [4.69, 9.17) is 11.0 Å². The molecule has 0 saturated carbocycles. The molecule has 4 N–H and O–H groups in total. The second kappa shape index (κ2) is 4.81. The van der Waals surface area contributed by atoms with E-state index in [0.29, 0.717) is 17.1 Å². The lowest BCUT2D eigenvalue weighted by Gasteiger charge is -2.06. The normalized spacial score (nSPS) is 9.07. The van der Waals surface area contributed by atoms with E-state index in [0.717, 1.165) is 0 Å². The average molecular weight is 205 g/mol. The molecule has 0 bridgehead atoms. The van der Waals surface area contributed by atoms with Gasteiger partial charge >= 0.3 is 0 Å². The number of nitrogens with one attached hydrogen (secondary N) is 2. The van der Waals surface area contributed by atoms with Crippen molar-refractivity contribution in [2.45, 2.75) is 0 Å². The molecular weight excluding hydrogens is 194 g/mol. The van der Waals surface area contributed by atoms with Crippen molar-refractivity contribution in [1.29, 1.82) is 5.26 Å². The predicted molar refractivity (Wildman–Crippen MR) is 55.9 cm³/mol. The lowest BCUT2D eigenvalue weighted by atomic mass is 10.2. The summed E-state index contributed by atoms with van der Waals surface area (Å²) in [5, 5.41) is 14.0. The molecule has 1 heterocycles. The van der Waals surface area contributed by atoms with Crippen LogP contribution in [0.15, 0.2) is 12.3 Å². The van der Waals surface area contributed by atoms with E-state index in [1.807, 2.05) is 6.07 Å². The summed E-state index contributed by atoms with van der Waals surface area (Å²) >= 11 is 0. The quantitative estimate of drug-likeness (QED) is 0.628. The maximum atomic E-state index is 10.9. The van der Waals surface area contributed by atoms with Gasteiger partial charge in [0.05, 0.1) is 24.0 Å². The van der Waals surface area contributed by atoms with Gasteiger partial charge in [-0.1, -0.05) is 0 Å². The minimum absolute atomic E-state index is 0.0715. The fraction of sp³-hybridized carbons (Fsp3) is 0.222. The molecule has 0 unspecified atom stereocenters. The molecule has 6 nitrogen and oxygen atoms in total. The smallest absolute Gasteiger partial charge is 0.239 e. The van der Waals surface area contributed by atoms with Gasteiger partial charge < -0.3 is 16.4 Å². The number of nitrogen functional groups attached to an aromatic ring is 1. The first-order valence-corrected chi connectivity index (χ1v) is 4.27. The SMILES string of the molecule is CNC(=O)CNc1ncc(N)cc1C#N. The number of nitrogens with two attached hydrogens (primary N) is 1. The van der Waals surface area contributed by atoms with Crippen molar-refractivity contribution in [2.24, 2.45) is 0 Å². The lowest BCUT2D eigenvalue weighted by molar-refractivity contribution is -0.118. The van der Waals surface area contributed by atoms with E-state index in [1.165, 1.54) is 19.3 Å². The summed E-state index contributed by atoms with van der Waals surface area (Å²) in [6, 6.07) is 3.44. The molecule has 1 aromatic heterocycles. The molecule has 0 radical (unpaired) electrons. The van der Waals surface area contributed by atoms with Crippen LogP contribution in [0, 0.1) is 11.3 Å². The van der Waals surface area contributed by atoms with Crippen LogP contribution >= 0.6 is 0 Å². The molecule has 0 aliphatic carbocycles. The maximum absolute atomic E-state index is 10.9. The second-order valence-corrected chi connectivity index (χ2v) is 2.80. The number of hydrogen-bond acceptors (Lipinski definition) is 5. The van der Waals surface area contributed by atoms with Crippen LogP contribution in [0.2, 0.25) is 0 Å². The van der Waals surface area contributed by atoms with E-state index in [9.17, 15) is 4.79 Å². The van der Waals surface area contributed by atoms with Crippen molar-refractivity contribution in [1.82, 2.24) is 10.3 Å². The fourth-order valence-corrected chi connectivity index (χ4v) is 0.959. The first-order valence-electron chi connectivity index (χ1n) is 4.27. The van der Waals surface area contributed by atoms with E-state index in [1.54, 1.807) is 0 Å². The number of hydrogen-bond donors (Lipinski definition) is 3. The minimum atomic E-state index is -0.183. The number of pyridine rings is 1. The number of anilines is 2. The minimum Gasteiger partial charge on any atom is -0.397 e. The van der Waals surface area contributed by atoms with Gasteiger partial charge in [0.25, 0.3) is 0 Å². The van der Waals surface area contributed by atoms with Gasteiger partial charge in [-0.25, -0.2) is 4.98 Å². The number of amides is 1. The molecular formula is C9H11N5O. The van der Waals surface area contributed by atoms with E-state index < -0.39 is 0 Å². The van der Waals surface area contributed by atoms with Crippen molar-refractivity contribution >= 4 is 17.4 Å². The van der Waals surface area contributed by atoms with Crippen molar-refractivity contribution in [2.75, 3.05) is 24.6 Å². The zero-order valence-corrected chi connectivity index (χ0v) is 8.24. The molecule has 0 saturated heterocycles. The summed E-state index contributed by atoms with van der Waals surface area (Å²) in [6.45, 7) is 0.0715. The standard InChI is InChI=1S/C9H11N5O/c1-12-8(15)5-14-9-6(3-10)2-7(11)4-13-9/h2,4H,5,11H2,1H3,(H,12,15)(H,13,14). The van der Waals surface area contributed by atoms with Crippen molar-refractivity contribution in [3.8, 4) is 6.07 Å². The third kappa shape index (κ3) is 2.84. The lowest BCUT2D eigenvalue weighted by Crippen LogP contribution is -2.26. The van der Waals surface area contributed by atoms with Crippen LogP contribution in [0.4, 0.5) is 11.5 Å². The number of nitrogens with zero attached hydrogens (tertiary/aromatic N) is 2. The van der Waals surface area contributed by atoms with Crippen LogP contribution in [0.3, 0.4) is 0 Å². The third-order valence-electron chi connectivity index (χ3n) is 1.72. The van der Waals surface area contributed by atoms with Crippen LogP contribution in [0.25, 0.3) is 0 Å². The number of nitriles is 1. The monoisotopic (exact) mass is 205 g/mol. The maximum Gasteiger partial charge on any atom is 0.239 e. The highest BCUT2D eigenvalue weighted by atomic mass is 16.1. The van der Waals surface area contributed by atoms with Crippen LogP contribution in [-0.4, -0.2) is 24.5 Å². The molecule has 0 fully saturated rings. The van der Waals surface area contributed by atoms with Crippen molar-refractivity contribution in [3.05, 3.63) is 17.8 Å². The zero-order chi connectivity index (χ0) is 11.3. The summed E-state index contributed by atoms with van der Waals surface area (Å²) in [5.41, 5.74) is 6.20. The Labute approximate surface area is 87.1 Å². The summed E-state index contributed by atoms with van der Waals surface area (Å²) < 4.78 is 0. The first-order chi connectivity index (χ1) is 7.17. The van der Waals surface area contributed by atoms with Crippen LogP contribution < -0.4 is 16.4 Å². The van der Waals surface area contributed by atoms with Gasteiger partial charge in [-0.3, -0.25) is 4.79 Å². The highest BCUT2D eigenvalue weighted by molar-refractivity contribution is 5.80. The zero-order valence-electron chi connectivity index (χ0n) is 8.24. The highest BCUT2D eigenvalue weighted by Crippen LogP contribution is 2.13. The Hall–Kier alpha value is -2.29. The second-order valence-electron chi connectivity index (χ2n) is 2.80. The third-order valence-corrected chi connectivity index (χ3v) is 1.72. The van der Waals surface area contributed by atoms with E-state index in [-0.39, 0.29) is 12.5 Å². The Morgan fingerprint density at radius 3 is 3.07 bits per heavy atom. The van der Waals surface area contributed by atoms with Crippen LogP contribution in [0.1, 0.15) is 5.56 Å². The number of carbonyl (C=O) groups is 1. The molecule has 78 valence electrons. The number of rotatable bonds is 3. The Balaban J connectivity index is 2.77. The molecule has 0 aromatic carbocycles. The van der Waals surface area contributed by atoms with Crippen molar-refractivity contribution in [3.63, 3.8) is 0 Å². The van der Waals surface area contributed by atoms with Crippen molar-refractivity contribution < 1.29 is 4.79 Å². The Morgan fingerprint density at radius 1 is 1.73 bits per heavy atom. The summed E-state index contributed by atoms with van der Waals surface area (Å²) in [6.07, 6.45) is 1.42. The van der Waals surface area contributed by atoms with Gasteiger partial charge in [-0.15, -0.1) is 0 Å². The highest BCUT2D eigenvalue weighted by Gasteiger charge is 2.05. The Kier molecular flexibility index (Phi) is 3.46. The number of aromatic nitrogens is 1. The molecule has 1 aromatic rings. The van der Waals surface area contributed by atoms with Crippen LogP contribution in [0.5, 0.6) is 0 Å². The van der Waals surface area contributed by atoms with E-state index in [2.05, 4.69) is 15.6 Å². The Morgan fingerprint density at radius 2 is 2.47 bits per heavy atom. The Bertz CT molecular complexity index is 409. The fourth-order valence-electron chi connectivity index (χ4n) is 0.959. The summed E-state index contributed by atoms with van der Waals surface area (Å²) in [5.74, 6) is 0.174. The van der Waals surface area contributed by atoms with Gasteiger partial charge in [0.2, 0.25) is 5.91 Å². The summed E-state index contributed by atoms with van der Waals surface area (Å²) in [7, 11) is 1.53. The molecule has 0 aliphatic rings. The molecule has 15 heavy (non-hydrogen) atoms. The largest absolute Gasteiger partial charge is 0.397 e. The first kappa shape index (κ1) is 10.8. The number of likely N-dealkylation sites (N-methyl/N-ethyl adjacent to an activating group) is 1. The average Bonchev–Trinajstić information content (AvgIpc) is 2.26. The van der Waals surface area contributed by atoms with Gasteiger partial charge in [-0.05, 0) is 6.07 Å². The molecule has 0 atom stereocenters.